The van der Waals surface area contributed by atoms with Crippen LogP contribution in [0.3, 0.4) is 0 Å². The third-order valence-electron chi connectivity index (χ3n) is 2.13. The first-order valence-electron chi connectivity index (χ1n) is 4.92. The molecule has 0 bridgehead atoms. The number of carbonyl (C=O) groups is 2. The Morgan fingerprint density at radius 2 is 2.06 bits per heavy atom. The topological polar surface area (TPSA) is 64.6 Å². The van der Waals surface area contributed by atoms with Gasteiger partial charge in [0.2, 0.25) is 5.91 Å². The highest BCUT2D eigenvalue weighted by Gasteiger charge is 2.19. The summed E-state index contributed by atoms with van der Waals surface area (Å²) >= 11 is 5.85. The van der Waals surface area contributed by atoms with Crippen molar-refractivity contribution >= 4 is 29.2 Å². The molecule has 0 heterocycles. The van der Waals surface area contributed by atoms with Gasteiger partial charge in [0.1, 0.15) is 5.75 Å². The Labute approximate surface area is 109 Å². The predicted octanol–water partition coefficient (Wildman–Crippen LogP) is 2.26. The molecular weight excluding hydrogens is 258 g/mol. The molecule has 0 atom stereocenters. The SMILES string of the molecule is C=CC(=O)Nc1c(OC)cc(Cl)cc1C(=O)OC. The van der Waals surface area contributed by atoms with Crippen molar-refractivity contribution < 1.29 is 19.1 Å². The molecule has 1 aromatic carbocycles. The molecule has 1 rings (SSSR count). The van der Waals surface area contributed by atoms with Crippen LogP contribution in [0.4, 0.5) is 5.69 Å². The van der Waals surface area contributed by atoms with Crippen molar-refractivity contribution in [1.29, 1.82) is 0 Å². The van der Waals surface area contributed by atoms with Crippen molar-refractivity contribution in [2.75, 3.05) is 19.5 Å². The summed E-state index contributed by atoms with van der Waals surface area (Å²) in [4.78, 5) is 22.9. The lowest BCUT2D eigenvalue weighted by Crippen LogP contribution is -2.14. The minimum Gasteiger partial charge on any atom is -0.494 e. The predicted molar refractivity (Wildman–Crippen MR) is 68.2 cm³/mol. The number of hydrogen-bond acceptors (Lipinski definition) is 4. The zero-order valence-electron chi connectivity index (χ0n) is 9.95. The van der Waals surface area contributed by atoms with E-state index in [4.69, 9.17) is 16.3 Å². The first-order chi connectivity index (χ1) is 8.53. The monoisotopic (exact) mass is 269 g/mol. The van der Waals surface area contributed by atoms with Gasteiger partial charge in [0.25, 0.3) is 0 Å². The Morgan fingerprint density at radius 1 is 1.39 bits per heavy atom. The van der Waals surface area contributed by atoms with Crippen molar-refractivity contribution in [2.45, 2.75) is 0 Å². The summed E-state index contributed by atoms with van der Waals surface area (Å²) < 4.78 is 9.68. The van der Waals surface area contributed by atoms with Crippen LogP contribution in [0.2, 0.25) is 5.02 Å². The Hall–Kier alpha value is -2.01. The van der Waals surface area contributed by atoms with Gasteiger partial charge in [-0.15, -0.1) is 0 Å². The fourth-order valence-electron chi connectivity index (χ4n) is 1.32. The number of anilines is 1. The summed E-state index contributed by atoms with van der Waals surface area (Å²) in [6.45, 7) is 3.33. The molecule has 1 aromatic rings. The lowest BCUT2D eigenvalue weighted by Gasteiger charge is -2.13. The van der Waals surface area contributed by atoms with Crippen molar-refractivity contribution in [3.63, 3.8) is 0 Å². The summed E-state index contributed by atoms with van der Waals surface area (Å²) in [5.41, 5.74) is 0.302. The average molecular weight is 270 g/mol. The maximum absolute atomic E-state index is 11.6. The van der Waals surface area contributed by atoms with Crippen LogP contribution in [-0.2, 0) is 9.53 Å². The number of hydrogen-bond donors (Lipinski definition) is 1. The maximum atomic E-state index is 11.6. The number of nitrogens with one attached hydrogen (secondary N) is 1. The van der Waals surface area contributed by atoms with E-state index in [-0.39, 0.29) is 17.0 Å². The molecule has 0 aliphatic heterocycles. The number of benzene rings is 1. The van der Waals surface area contributed by atoms with E-state index in [0.29, 0.717) is 5.02 Å². The van der Waals surface area contributed by atoms with Crippen LogP contribution in [0.25, 0.3) is 0 Å². The van der Waals surface area contributed by atoms with Gasteiger partial charge in [-0.2, -0.15) is 0 Å². The Kier molecular flexibility index (Phi) is 4.74. The van der Waals surface area contributed by atoms with E-state index in [1.165, 1.54) is 26.4 Å². The molecule has 0 aromatic heterocycles. The Bertz CT molecular complexity index is 499. The van der Waals surface area contributed by atoms with Gasteiger partial charge in [0.15, 0.2) is 0 Å². The highest BCUT2D eigenvalue weighted by molar-refractivity contribution is 6.31. The van der Waals surface area contributed by atoms with Crippen LogP contribution in [0.1, 0.15) is 10.4 Å². The second-order valence-corrected chi connectivity index (χ2v) is 3.65. The molecule has 18 heavy (non-hydrogen) atoms. The highest BCUT2D eigenvalue weighted by atomic mass is 35.5. The van der Waals surface area contributed by atoms with Crippen LogP contribution in [0.15, 0.2) is 24.8 Å². The third-order valence-corrected chi connectivity index (χ3v) is 2.34. The van der Waals surface area contributed by atoms with Gasteiger partial charge < -0.3 is 14.8 Å². The highest BCUT2D eigenvalue weighted by Crippen LogP contribution is 2.32. The van der Waals surface area contributed by atoms with E-state index in [9.17, 15) is 9.59 Å². The van der Waals surface area contributed by atoms with Crippen LogP contribution < -0.4 is 10.1 Å². The molecule has 0 unspecified atom stereocenters. The average Bonchev–Trinajstić information content (AvgIpc) is 2.38. The zero-order valence-corrected chi connectivity index (χ0v) is 10.7. The molecule has 96 valence electrons. The first kappa shape index (κ1) is 14.1. The van der Waals surface area contributed by atoms with Crippen molar-refractivity contribution in [1.82, 2.24) is 0 Å². The molecule has 1 N–H and O–H groups in total. The number of carbonyl (C=O) groups excluding carboxylic acids is 2. The van der Waals surface area contributed by atoms with Gasteiger partial charge >= 0.3 is 5.97 Å². The van der Waals surface area contributed by atoms with Crippen LogP contribution in [-0.4, -0.2) is 26.1 Å². The molecule has 0 aliphatic rings. The molecule has 6 heteroatoms. The first-order valence-corrected chi connectivity index (χ1v) is 5.30. The lowest BCUT2D eigenvalue weighted by atomic mass is 10.1. The molecule has 0 fully saturated rings. The Balaban J connectivity index is 3.37. The number of amides is 1. The number of halogens is 1. The van der Waals surface area contributed by atoms with Crippen molar-refractivity contribution in [3.05, 3.63) is 35.4 Å². The van der Waals surface area contributed by atoms with Crippen LogP contribution in [0.5, 0.6) is 5.75 Å². The van der Waals surface area contributed by atoms with E-state index in [1.54, 1.807) is 0 Å². The largest absolute Gasteiger partial charge is 0.494 e. The minimum absolute atomic E-state index is 0.108. The van der Waals surface area contributed by atoms with Gasteiger partial charge in [-0.25, -0.2) is 4.79 Å². The number of rotatable bonds is 4. The molecule has 0 saturated heterocycles. The molecule has 5 nitrogen and oxygen atoms in total. The normalized spacial score (nSPS) is 9.50. The second-order valence-electron chi connectivity index (χ2n) is 3.22. The molecular formula is C12H12ClNO4. The molecule has 0 spiro atoms. The summed E-state index contributed by atoms with van der Waals surface area (Å²) in [7, 11) is 2.63. The van der Waals surface area contributed by atoms with E-state index >= 15 is 0 Å². The van der Waals surface area contributed by atoms with Crippen LogP contribution >= 0.6 is 11.6 Å². The standard InChI is InChI=1S/C12H12ClNO4/c1-4-10(15)14-11-8(12(16)18-3)5-7(13)6-9(11)17-2/h4-6H,1H2,2-3H3,(H,14,15). The second kappa shape index (κ2) is 6.07. The molecule has 0 aliphatic carbocycles. The van der Waals surface area contributed by atoms with Crippen molar-refractivity contribution in [3.8, 4) is 5.75 Å². The van der Waals surface area contributed by atoms with E-state index in [2.05, 4.69) is 16.6 Å². The van der Waals surface area contributed by atoms with Gasteiger partial charge in [0.05, 0.1) is 25.5 Å². The maximum Gasteiger partial charge on any atom is 0.340 e. The Morgan fingerprint density at radius 3 is 2.56 bits per heavy atom. The number of methoxy groups -OCH3 is 2. The van der Waals surface area contributed by atoms with Crippen molar-refractivity contribution in [2.24, 2.45) is 0 Å². The molecule has 0 radical (unpaired) electrons. The summed E-state index contributed by atoms with van der Waals surface area (Å²) in [5, 5.41) is 2.78. The molecule has 0 saturated carbocycles. The van der Waals surface area contributed by atoms with Gasteiger partial charge in [-0.05, 0) is 12.1 Å². The van der Waals surface area contributed by atoms with E-state index in [0.717, 1.165) is 6.08 Å². The number of ether oxygens (including phenoxy) is 2. The molecule has 1 amide bonds. The summed E-state index contributed by atoms with van der Waals surface area (Å²) in [5.74, 6) is -0.839. The fraction of sp³-hybridized carbons (Fsp3) is 0.167. The smallest absolute Gasteiger partial charge is 0.340 e. The quantitative estimate of drug-likeness (QED) is 0.673. The summed E-state index contributed by atoms with van der Waals surface area (Å²) in [6.07, 6.45) is 1.08. The fourth-order valence-corrected chi connectivity index (χ4v) is 1.53. The third kappa shape index (κ3) is 3.01. The van der Waals surface area contributed by atoms with Gasteiger partial charge in [-0.3, -0.25) is 4.79 Å². The summed E-state index contributed by atoms with van der Waals surface area (Å²) in [6, 6.07) is 2.86. The zero-order chi connectivity index (χ0) is 13.7. The van der Waals surface area contributed by atoms with E-state index < -0.39 is 11.9 Å². The van der Waals surface area contributed by atoms with Gasteiger partial charge in [-0.1, -0.05) is 18.2 Å². The van der Waals surface area contributed by atoms with E-state index in [1.807, 2.05) is 0 Å². The minimum atomic E-state index is -0.629. The number of esters is 1. The van der Waals surface area contributed by atoms with Gasteiger partial charge in [0, 0.05) is 11.1 Å². The van der Waals surface area contributed by atoms with Crippen LogP contribution in [0, 0.1) is 0 Å². The lowest BCUT2D eigenvalue weighted by molar-refractivity contribution is -0.111.